The highest BCUT2D eigenvalue weighted by molar-refractivity contribution is 5.73. The van der Waals surface area contributed by atoms with Crippen LogP contribution in [0.2, 0.25) is 0 Å². The second-order valence-corrected chi connectivity index (χ2v) is 6.34. The number of anilines is 1. The van der Waals surface area contributed by atoms with Crippen LogP contribution in [0.5, 0.6) is 0 Å². The molecule has 1 aromatic rings. The summed E-state index contributed by atoms with van der Waals surface area (Å²) in [6.07, 6.45) is -8.25. The first-order valence-corrected chi connectivity index (χ1v) is 8.20. The fraction of sp³-hybridized carbons (Fsp3) is 0.562. The summed E-state index contributed by atoms with van der Waals surface area (Å²) < 4.78 is 63.5. The lowest BCUT2D eigenvalue weighted by atomic mass is 10.0. The predicted molar refractivity (Wildman–Crippen MR) is 88.4 cm³/mol. The molecule has 2 saturated heterocycles. The van der Waals surface area contributed by atoms with E-state index in [0.29, 0.717) is 0 Å². The van der Waals surface area contributed by atoms with Gasteiger partial charge in [-0.2, -0.15) is 26.3 Å². The summed E-state index contributed by atoms with van der Waals surface area (Å²) in [5, 5.41) is 17.7. The molecule has 13 heteroatoms. The molecule has 0 amide bonds. The number of carboxylic acid groups (broad SMARTS) is 2. The number of hydrogen-bond donors (Lipinski definition) is 3. The number of carboxylic acids is 2. The summed E-state index contributed by atoms with van der Waals surface area (Å²) in [6.45, 7) is 6.88. The monoisotopic (exact) mass is 431 g/mol. The highest BCUT2D eigenvalue weighted by atomic mass is 19.4. The number of aryl methyl sites for hydroxylation is 1. The molecule has 3 rings (SSSR count). The molecule has 0 aromatic carbocycles. The van der Waals surface area contributed by atoms with Crippen molar-refractivity contribution in [3.8, 4) is 0 Å². The van der Waals surface area contributed by atoms with Crippen molar-refractivity contribution in [3.63, 3.8) is 0 Å². The van der Waals surface area contributed by atoms with Crippen LogP contribution in [-0.4, -0.2) is 65.7 Å². The fourth-order valence-electron chi connectivity index (χ4n) is 2.79. The van der Waals surface area contributed by atoms with Gasteiger partial charge in [-0.25, -0.2) is 9.59 Å². The summed E-state index contributed by atoms with van der Waals surface area (Å²) in [7, 11) is 0. The second-order valence-electron chi connectivity index (χ2n) is 6.34. The summed E-state index contributed by atoms with van der Waals surface area (Å²) in [6, 6.07) is 4.32. The molecular formula is C16H19F6N3O4. The zero-order valence-electron chi connectivity index (χ0n) is 15.1. The Morgan fingerprint density at radius 3 is 1.79 bits per heavy atom. The minimum atomic E-state index is -5.08. The Morgan fingerprint density at radius 2 is 1.45 bits per heavy atom. The van der Waals surface area contributed by atoms with E-state index in [1.54, 1.807) is 0 Å². The molecule has 2 atom stereocenters. The van der Waals surface area contributed by atoms with Crippen LogP contribution < -0.4 is 10.2 Å². The minimum absolute atomic E-state index is 0.860. The molecule has 2 aliphatic rings. The Bertz CT molecular complexity index is 675. The van der Waals surface area contributed by atoms with Crippen molar-refractivity contribution in [3.05, 3.63) is 24.0 Å². The molecular weight excluding hydrogens is 412 g/mol. The molecule has 7 nitrogen and oxygen atoms in total. The number of nitrogens with one attached hydrogen (secondary N) is 1. The van der Waals surface area contributed by atoms with Crippen molar-refractivity contribution in [2.45, 2.75) is 19.3 Å². The first-order chi connectivity index (χ1) is 13.2. The highest BCUT2D eigenvalue weighted by Crippen LogP contribution is 2.30. The van der Waals surface area contributed by atoms with E-state index >= 15 is 0 Å². The number of aliphatic carboxylic acids is 2. The van der Waals surface area contributed by atoms with Crippen molar-refractivity contribution in [2.75, 3.05) is 31.1 Å². The molecule has 1 aromatic heterocycles. The predicted octanol–water partition coefficient (Wildman–Crippen LogP) is 2.31. The third-order valence-electron chi connectivity index (χ3n) is 4.12. The molecule has 2 unspecified atom stereocenters. The molecule has 0 spiro atoms. The van der Waals surface area contributed by atoms with Gasteiger partial charge < -0.3 is 20.4 Å². The molecule has 29 heavy (non-hydrogen) atoms. The fourth-order valence-corrected chi connectivity index (χ4v) is 2.79. The molecule has 2 fully saturated rings. The maximum atomic E-state index is 10.6. The molecule has 0 aliphatic carbocycles. The SMILES string of the molecule is Cc1cc(N2CC3CNCC3C2)ccn1.O=C(O)C(F)(F)F.O=C(O)C(F)(F)F. The van der Waals surface area contributed by atoms with Crippen molar-refractivity contribution >= 4 is 17.6 Å². The molecule has 0 bridgehead atoms. The van der Waals surface area contributed by atoms with Crippen LogP contribution in [0.4, 0.5) is 32.0 Å². The lowest BCUT2D eigenvalue weighted by Crippen LogP contribution is -2.25. The number of nitrogens with zero attached hydrogens (tertiary/aromatic N) is 2. The van der Waals surface area contributed by atoms with Crippen molar-refractivity contribution in [2.24, 2.45) is 11.8 Å². The van der Waals surface area contributed by atoms with Gasteiger partial charge in [0.15, 0.2) is 0 Å². The van der Waals surface area contributed by atoms with Gasteiger partial charge in [0, 0.05) is 43.8 Å². The standard InChI is InChI=1S/C12H17N3.2C2HF3O2/c1-9-4-12(2-3-14-9)15-7-10-5-13-6-11(10)8-15;2*3-2(4,5)1(6)7/h2-4,10-11,13H,5-8H2,1H3;2*(H,6,7). The summed E-state index contributed by atoms with van der Waals surface area (Å²) in [5.41, 5.74) is 2.46. The van der Waals surface area contributed by atoms with Crippen LogP contribution >= 0.6 is 0 Å². The highest BCUT2D eigenvalue weighted by Gasteiger charge is 2.39. The van der Waals surface area contributed by atoms with E-state index in [2.05, 4.69) is 34.3 Å². The number of halogens is 6. The number of hydrogen-bond acceptors (Lipinski definition) is 5. The first-order valence-electron chi connectivity index (χ1n) is 8.20. The Kier molecular flexibility index (Phi) is 8.24. The van der Waals surface area contributed by atoms with Crippen LogP contribution in [0.1, 0.15) is 5.69 Å². The Hall–Kier alpha value is -2.57. The van der Waals surface area contributed by atoms with Gasteiger partial charge in [-0.1, -0.05) is 0 Å². The van der Waals surface area contributed by atoms with Crippen molar-refractivity contribution in [1.82, 2.24) is 10.3 Å². The maximum absolute atomic E-state index is 10.6. The van der Waals surface area contributed by atoms with Crippen LogP contribution in [-0.2, 0) is 9.59 Å². The summed E-state index contributed by atoms with van der Waals surface area (Å²) in [5.74, 6) is -3.79. The van der Waals surface area contributed by atoms with Gasteiger partial charge >= 0.3 is 24.3 Å². The van der Waals surface area contributed by atoms with Crippen LogP contribution in [0.3, 0.4) is 0 Å². The summed E-state index contributed by atoms with van der Waals surface area (Å²) in [4.78, 5) is 24.5. The van der Waals surface area contributed by atoms with Crippen LogP contribution in [0.25, 0.3) is 0 Å². The lowest BCUT2D eigenvalue weighted by molar-refractivity contribution is -0.193. The normalized spacial score (nSPS) is 20.7. The topological polar surface area (TPSA) is 103 Å². The van der Waals surface area contributed by atoms with E-state index in [1.807, 2.05) is 6.20 Å². The number of fused-ring (bicyclic) bond motifs is 1. The largest absolute Gasteiger partial charge is 0.490 e. The number of pyridine rings is 1. The second kappa shape index (κ2) is 9.76. The van der Waals surface area contributed by atoms with E-state index in [4.69, 9.17) is 19.8 Å². The van der Waals surface area contributed by atoms with Crippen molar-refractivity contribution in [1.29, 1.82) is 0 Å². The van der Waals surface area contributed by atoms with Gasteiger partial charge in [0.05, 0.1) is 0 Å². The van der Waals surface area contributed by atoms with Crippen LogP contribution in [0.15, 0.2) is 18.3 Å². The Balaban J connectivity index is 0.000000255. The third kappa shape index (κ3) is 8.13. The molecule has 0 saturated carbocycles. The molecule has 0 radical (unpaired) electrons. The minimum Gasteiger partial charge on any atom is -0.475 e. The number of carbonyl (C=O) groups is 2. The summed E-state index contributed by atoms with van der Waals surface area (Å²) >= 11 is 0. The Labute approximate surface area is 161 Å². The van der Waals surface area contributed by atoms with E-state index in [1.165, 1.54) is 31.9 Å². The first kappa shape index (κ1) is 24.5. The smallest absolute Gasteiger partial charge is 0.475 e. The average molecular weight is 431 g/mol. The van der Waals surface area contributed by atoms with Gasteiger partial charge in [-0.15, -0.1) is 0 Å². The van der Waals surface area contributed by atoms with E-state index < -0.39 is 24.3 Å². The van der Waals surface area contributed by atoms with Gasteiger partial charge in [-0.05, 0) is 30.9 Å². The molecule has 164 valence electrons. The zero-order valence-corrected chi connectivity index (χ0v) is 15.1. The van der Waals surface area contributed by atoms with E-state index in [0.717, 1.165) is 17.5 Å². The number of rotatable bonds is 1. The number of aromatic nitrogens is 1. The maximum Gasteiger partial charge on any atom is 0.490 e. The van der Waals surface area contributed by atoms with Gasteiger partial charge in [0.25, 0.3) is 0 Å². The van der Waals surface area contributed by atoms with E-state index in [9.17, 15) is 26.3 Å². The van der Waals surface area contributed by atoms with E-state index in [-0.39, 0.29) is 0 Å². The zero-order chi connectivity index (χ0) is 22.4. The quantitative estimate of drug-likeness (QED) is 0.587. The van der Waals surface area contributed by atoms with Gasteiger partial charge in [0.1, 0.15) is 0 Å². The van der Waals surface area contributed by atoms with Gasteiger partial charge in [-0.3, -0.25) is 4.98 Å². The molecule has 2 aliphatic heterocycles. The number of alkyl halides is 6. The molecule has 3 N–H and O–H groups in total. The average Bonchev–Trinajstić information content (AvgIpc) is 3.15. The van der Waals surface area contributed by atoms with Crippen molar-refractivity contribution < 1.29 is 46.1 Å². The van der Waals surface area contributed by atoms with Crippen LogP contribution in [0, 0.1) is 18.8 Å². The molecule has 3 heterocycles. The Morgan fingerprint density at radius 1 is 1.03 bits per heavy atom. The lowest BCUT2D eigenvalue weighted by Gasteiger charge is -2.19. The third-order valence-corrected chi connectivity index (χ3v) is 4.12. The van der Waals surface area contributed by atoms with Gasteiger partial charge in [0.2, 0.25) is 0 Å².